The molecule has 1 heterocycles. The van der Waals surface area contributed by atoms with Crippen molar-refractivity contribution in [2.75, 3.05) is 25.9 Å². The third-order valence-electron chi connectivity index (χ3n) is 3.11. The summed E-state index contributed by atoms with van der Waals surface area (Å²) < 4.78 is 5.28. The molecule has 0 aliphatic carbocycles. The summed E-state index contributed by atoms with van der Waals surface area (Å²) in [6.07, 6.45) is 1.65. The zero-order valence-electron chi connectivity index (χ0n) is 9.49. The molecule has 1 unspecified atom stereocenters. The number of hydrogen-bond acceptors (Lipinski definition) is 4. The van der Waals surface area contributed by atoms with Gasteiger partial charge in [0.15, 0.2) is 0 Å². The van der Waals surface area contributed by atoms with E-state index in [1.807, 2.05) is 12.1 Å². The van der Waals surface area contributed by atoms with Gasteiger partial charge in [-0.25, -0.2) is 0 Å². The van der Waals surface area contributed by atoms with Crippen LogP contribution in [0.4, 0.5) is 5.69 Å². The standard InChI is InChI=1S/C12H18N2O2/c1-16-10-5-2-4-9(13)11(10)12(15)6-3-7-14-8-12/h2,4-5,14-15H,3,6-8,13H2,1H3. The fraction of sp³-hybridized carbons (Fsp3) is 0.500. The van der Waals surface area contributed by atoms with E-state index in [2.05, 4.69) is 5.32 Å². The Morgan fingerprint density at radius 2 is 2.31 bits per heavy atom. The lowest BCUT2D eigenvalue weighted by molar-refractivity contribution is 0.0110. The smallest absolute Gasteiger partial charge is 0.127 e. The first-order chi connectivity index (χ1) is 7.67. The van der Waals surface area contributed by atoms with E-state index >= 15 is 0 Å². The second kappa shape index (κ2) is 4.31. The van der Waals surface area contributed by atoms with Crippen molar-refractivity contribution in [3.05, 3.63) is 23.8 Å². The minimum atomic E-state index is -0.908. The summed E-state index contributed by atoms with van der Waals surface area (Å²) in [6, 6.07) is 5.46. The van der Waals surface area contributed by atoms with Crippen LogP contribution >= 0.6 is 0 Å². The Morgan fingerprint density at radius 3 is 2.94 bits per heavy atom. The number of anilines is 1. The van der Waals surface area contributed by atoms with Crippen LogP contribution in [-0.2, 0) is 5.60 Å². The number of β-amino-alcohol motifs (C(OH)–C–C–N with tert-alkyl or cyclic N) is 1. The van der Waals surface area contributed by atoms with E-state index in [0.717, 1.165) is 13.0 Å². The molecule has 0 saturated carbocycles. The topological polar surface area (TPSA) is 67.5 Å². The molecule has 1 aliphatic heterocycles. The van der Waals surface area contributed by atoms with Crippen LogP contribution in [0.3, 0.4) is 0 Å². The highest BCUT2D eigenvalue weighted by molar-refractivity contribution is 5.57. The van der Waals surface area contributed by atoms with Gasteiger partial charge in [-0.2, -0.15) is 0 Å². The molecule has 1 aromatic rings. The number of nitrogen functional groups attached to an aromatic ring is 1. The van der Waals surface area contributed by atoms with Crippen LogP contribution in [0, 0.1) is 0 Å². The second-order valence-corrected chi connectivity index (χ2v) is 4.24. The van der Waals surface area contributed by atoms with Crippen molar-refractivity contribution in [1.29, 1.82) is 0 Å². The van der Waals surface area contributed by atoms with Crippen molar-refractivity contribution in [3.8, 4) is 5.75 Å². The Kier molecular flexibility index (Phi) is 3.03. The molecule has 0 bridgehead atoms. The normalized spacial score (nSPS) is 25.4. The van der Waals surface area contributed by atoms with Crippen molar-refractivity contribution in [1.82, 2.24) is 5.32 Å². The fourth-order valence-corrected chi connectivity index (χ4v) is 2.32. The van der Waals surface area contributed by atoms with Gasteiger partial charge in [-0.3, -0.25) is 0 Å². The van der Waals surface area contributed by atoms with Crippen LogP contribution in [0.25, 0.3) is 0 Å². The highest BCUT2D eigenvalue weighted by atomic mass is 16.5. The number of methoxy groups -OCH3 is 1. The first-order valence-electron chi connectivity index (χ1n) is 5.53. The fourth-order valence-electron chi connectivity index (χ4n) is 2.32. The Labute approximate surface area is 95.4 Å². The second-order valence-electron chi connectivity index (χ2n) is 4.24. The van der Waals surface area contributed by atoms with Crippen LogP contribution < -0.4 is 15.8 Å². The number of piperidine rings is 1. The summed E-state index contributed by atoms with van der Waals surface area (Å²) in [5, 5.41) is 13.8. The van der Waals surface area contributed by atoms with E-state index in [0.29, 0.717) is 30.0 Å². The van der Waals surface area contributed by atoms with Gasteiger partial charge >= 0.3 is 0 Å². The van der Waals surface area contributed by atoms with Crippen LogP contribution in [-0.4, -0.2) is 25.3 Å². The number of benzene rings is 1. The van der Waals surface area contributed by atoms with Crippen LogP contribution in [0.15, 0.2) is 18.2 Å². The summed E-state index contributed by atoms with van der Waals surface area (Å²) in [4.78, 5) is 0. The summed E-state index contributed by atoms with van der Waals surface area (Å²) in [7, 11) is 1.60. The predicted octanol–water partition coefficient (Wildman–Crippen LogP) is 0.848. The lowest BCUT2D eigenvalue weighted by atomic mass is 9.85. The monoisotopic (exact) mass is 222 g/mol. The van der Waals surface area contributed by atoms with Crippen LogP contribution in [0.1, 0.15) is 18.4 Å². The van der Waals surface area contributed by atoms with Gasteiger partial charge in [-0.1, -0.05) is 6.07 Å². The quantitative estimate of drug-likeness (QED) is 0.649. The van der Waals surface area contributed by atoms with Gasteiger partial charge in [0.25, 0.3) is 0 Å². The molecule has 1 fully saturated rings. The molecule has 1 atom stereocenters. The number of ether oxygens (including phenoxy) is 1. The average Bonchev–Trinajstić information content (AvgIpc) is 2.29. The molecule has 4 heteroatoms. The first kappa shape index (κ1) is 11.2. The van der Waals surface area contributed by atoms with E-state index < -0.39 is 5.60 Å². The number of aliphatic hydroxyl groups is 1. The van der Waals surface area contributed by atoms with Crippen molar-refractivity contribution in [3.63, 3.8) is 0 Å². The highest BCUT2D eigenvalue weighted by Gasteiger charge is 2.35. The van der Waals surface area contributed by atoms with Crippen molar-refractivity contribution in [2.45, 2.75) is 18.4 Å². The lowest BCUT2D eigenvalue weighted by Gasteiger charge is -2.34. The maximum absolute atomic E-state index is 10.6. The lowest BCUT2D eigenvalue weighted by Crippen LogP contribution is -2.43. The molecule has 0 amide bonds. The number of nitrogens with one attached hydrogen (secondary N) is 1. The Morgan fingerprint density at radius 1 is 1.50 bits per heavy atom. The molecule has 88 valence electrons. The first-order valence-corrected chi connectivity index (χ1v) is 5.53. The number of hydrogen-bond donors (Lipinski definition) is 3. The highest BCUT2D eigenvalue weighted by Crippen LogP contribution is 2.38. The molecule has 1 aliphatic rings. The van der Waals surface area contributed by atoms with E-state index in [-0.39, 0.29) is 0 Å². The van der Waals surface area contributed by atoms with Gasteiger partial charge in [-0.15, -0.1) is 0 Å². The molecule has 1 aromatic carbocycles. The predicted molar refractivity (Wildman–Crippen MR) is 63.4 cm³/mol. The van der Waals surface area contributed by atoms with E-state index in [1.165, 1.54) is 0 Å². The maximum Gasteiger partial charge on any atom is 0.127 e. The Hall–Kier alpha value is -1.26. The molecule has 0 spiro atoms. The summed E-state index contributed by atoms with van der Waals surface area (Å²) in [5.41, 5.74) is 6.34. The van der Waals surface area contributed by atoms with Gasteiger partial charge in [0.1, 0.15) is 11.4 Å². The minimum absolute atomic E-state index is 0.525. The zero-order valence-corrected chi connectivity index (χ0v) is 9.49. The van der Waals surface area contributed by atoms with Crippen molar-refractivity contribution in [2.24, 2.45) is 0 Å². The maximum atomic E-state index is 10.6. The van der Waals surface area contributed by atoms with Gasteiger partial charge in [0.05, 0.1) is 7.11 Å². The van der Waals surface area contributed by atoms with Crippen molar-refractivity contribution >= 4 is 5.69 Å². The van der Waals surface area contributed by atoms with Gasteiger partial charge in [-0.05, 0) is 31.5 Å². The third kappa shape index (κ3) is 1.86. The largest absolute Gasteiger partial charge is 0.496 e. The number of nitrogens with two attached hydrogens (primary N) is 1. The zero-order chi connectivity index (χ0) is 11.6. The Balaban J connectivity index is 2.44. The molecule has 0 aromatic heterocycles. The molecule has 4 N–H and O–H groups in total. The SMILES string of the molecule is COc1cccc(N)c1C1(O)CCCNC1. The van der Waals surface area contributed by atoms with Gasteiger partial charge < -0.3 is 20.9 Å². The summed E-state index contributed by atoms with van der Waals surface area (Å²) in [6.45, 7) is 1.47. The van der Waals surface area contributed by atoms with Crippen LogP contribution in [0.5, 0.6) is 5.75 Å². The molecule has 2 rings (SSSR count). The molecular weight excluding hydrogens is 204 g/mol. The van der Waals surface area contributed by atoms with E-state index in [9.17, 15) is 5.11 Å². The van der Waals surface area contributed by atoms with Gasteiger partial charge in [0, 0.05) is 17.8 Å². The van der Waals surface area contributed by atoms with Crippen LogP contribution in [0.2, 0.25) is 0 Å². The molecule has 16 heavy (non-hydrogen) atoms. The summed E-state index contributed by atoms with van der Waals surface area (Å²) in [5.74, 6) is 0.659. The third-order valence-corrected chi connectivity index (χ3v) is 3.11. The van der Waals surface area contributed by atoms with Crippen molar-refractivity contribution < 1.29 is 9.84 Å². The molecule has 0 radical (unpaired) electrons. The minimum Gasteiger partial charge on any atom is -0.496 e. The van der Waals surface area contributed by atoms with E-state index in [4.69, 9.17) is 10.5 Å². The Bertz CT molecular complexity index is 373. The van der Waals surface area contributed by atoms with Gasteiger partial charge in [0.2, 0.25) is 0 Å². The molecular formula is C12H18N2O2. The molecule has 1 saturated heterocycles. The van der Waals surface area contributed by atoms with E-state index in [1.54, 1.807) is 13.2 Å². The average molecular weight is 222 g/mol. The summed E-state index contributed by atoms with van der Waals surface area (Å²) >= 11 is 0. The molecule has 4 nitrogen and oxygen atoms in total. The number of rotatable bonds is 2.